The minimum Gasteiger partial charge on any atom is -0.462 e. The summed E-state index contributed by atoms with van der Waals surface area (Å²) in [6.45, 7) is 14.8. The van der Waals surface area contributed by atoms with Crippen LogP contribution in [0.25, 0.3) is 0 Å². The fraction of sp³-hybridized carbons (Fsp3) is 0.892. The van der Waals surface area contributed by atoms with Gasteiger partial charge in [0.2, 0.25) is 0 Å². The molecule has 0 saturated heterocycles. The smallest absolute Gasteiger partial charge is 0.407 e. The van der Waals surface area contributed by atoms with Gasteiger partial charge >= 0.3 is 24.0 Å². The Labute approximate surface area is 326 Å². The van der Waals surface area contributed by atoms with Gasteiger partial charge in [-0.3, -0.25) is 14.4 Å². The Morgan fingerprint density at radius 2 is 1.09 bits per heavy atom. The summed E-state index contributed by atoms with van der Waals surface area (Å²) in [4.78, 5) is 51.7. The quantitative estimate of drug-likeness (QED) is 0.0283. The average Bonchev–Trinajstić information content (AvgIpc) is 3.10. The van der Waals surface area contributed by atoms with E-state index in [1.54, 1.807) is 62.4 Å². The first-order chi connectivity index (χ1) is 25.6. The molecule has 324 valence electrons. The van der Waals surface area contributed by atoms with E-state index in [2.05, 4.69) is 16.0 Å². The minimum absolute atomic E-state index is 0.0862. The number of carbonyl (C=O) groups is 4. The Morgan fingerprint density at radius 1 is 0.618 bits per heavy atom. The molecule has 0 aliphatic carbocycles. The third-order valence-corrected chi connectivity index (χ3v) is 8.26. The Bertz CT molecular complexity index is 1110. The van der Waals surface area contributed by atoms with Crippen LogP contribution in [-0.2, 0) is 47.5 Å². The van der Waals surface area contributed by atoms with Gasteiger partial charge in [-0.15, -0.1) is 0 Å². The number of hydrogen-bond acceptors (Lipinski definition) is 17. The van der Waals surface area contributed by atoms with E-state index in [1.165, 1.54) is 0 Å². The number of rotatable bonds is 31. The zero-order valence-electron chi connectivity index (χ0n) is 34.5. The number of esters is 3. The molecule has 0 saturated carbocycles. The van der Waals surface area contributed by atoms with Gasteiger partial charge in [0.1, 0.15) is 43.7 Å². The van der Waals surface area contributed by atoms with Crippen LogP contribution in [0.5, 0.6) is 0 Å². The molecule has 0 radical (unpaired) electrons. The van der Waals surface area contributed by atoms with Gasteiger partial charge in [0.25, 0.3) is 0 Å². The van der Waals surface area contributed by atoms with Gasteiger partial charge < -0.3 is 69.5 Å². The van der Waals surface area contributed by atoms with Crippen molar-refractivity contribution in [2.24, 2.45) is 16.2 Å². The maximum Gasteiger partial charge on any atom is 0.407 e. The largest absolute Gasteiger partial charge is 0.462 e. The highest BCUT2D eigenvalue weighted by molar-refractivity contribution is 5.82. The maximum absolute atomic E-state index is 13.8. The molecule has 18 heteroatoms. The number of amides is 1. The van der Waals surface area contributed by atoms with Crippen molar-refractivity contribution in [2.45, 2.75) is 98.6 Å². The first-order valence-electron chi connectivity index (χ1n) is 18.9. The van der Waals surface area contributed by atoms with Gasteiger partial charge in [-0.05, 0) is 74.8 Å². The second-order valence-electron chi connectivity index (χ2n) is 15.7. The molecule has 0 aliphatic heterocycles. The minimum atomic E-state index is -1.46. The van der Waals surface area contributed by atoms with Crippen molar-refractivity contribution in [3.05, 3.63) is 0 Å². The fourth-order valence-corrected chi connectivity index (χ4v) is 5.42. The molecule has 0 fully saturated rings. The molecule has 55 heavy (non-hydrogen) atoms. The summed E-state index contributed by atoms with van der Waals surface area (Å²) in [5.41, 5.74) is -4.54. The Balaban J connectivity index is 4.93. The fourth-order valence-electron chi connectivity index (χ4n) is 5.42. The molecule has 5 atom stereocenters. The number of likely N-dealkylation sites (N-methyl/N-ethyl adjacent to an activating group) is 1. The molecule has 1 amide bonds. The van der Waals surface area contributed by atoms with Gasteiger partial charge in [0.15, 0.2) is 0 Å². The van der Waals surface area contributed by atoms with Crippen LogP contribution in [0.2, 0.25) is 0 Å². The van der Waals surface area contributed by atoms with Crippen LogP contribution in [0.4, 0.5) is 4.79 Å². The first kappa shape index (κ1) is 52.3. The van der Waals surface area contributed by atoms with E-state index in [4.69, 9.17) is 38.3 Å². The van der Waals surface area contributed by atoms with E-state index in [9.17, 15) is 34.5 Å². The second-order valence-corrected chi connectivity index (χ2v) is 15.7. The zero-order chi connectivity index (χ0) is 42.1. The molecule has 0 aromatic heterocycles. The van der Waals surface area contributed by atoms with Gasteiger partial charge in [0, 0.05) is 26.2 Å². The van der Waals surface area contributed by atoms with Gasteiger partial charge in [-0.25, -0.2) is 4.79 Å². The molecule has 7 N–H and O–H groups in total. The van der Waals surface area contributed by atoms with E-state index >= 15 is 0 Å². The number of ether oxygens (including phenoxy) is 7. The van der Waals surface area contributed by atoms with Crippen LogP contribution in [0.3, 0.4) is 0 Å². The van der Waals surface area contributed by atoms with Gasteiger partial charge in [0.05, 0.1) is 62.5 Å². The standard InChI is InChI=1S/C37H71N3O15/c1-10-36(7,31(46)53-22-27(42)19-38-9)26-37(8,25-35(5,6)30(45)52-24-29(44)21-41)32(47)54-23-28(43)20-39-11-13-49-15-17-51-18-16-50-14-12-40-33(48)55-34(2,3)4/h27-29,38-39,41-44H,10-26H2,1-9H3,(H,40,48). The van der Waals surface area contributed by atoms with Gasteiger partial charge in [-0.2, -0.15) is 0 Å². The number of carbonyl (C=O) groups excluding carboxylic acids is 4. The van der Waals surface area contributed by atoms with Crippen molar-refractivity contribution in [3.63, 3.8) is 0 Å². The Hall–Kier alpha value is -2.68. The Morgan fingerprint density at radius 3 is 1.60 bits per heavy atom. The predicted molar refractivity (Wildman–Crippen MR) is 201 cm³/mol. The lowest BCUT2D eigenvalue weighted by atomic mass is 9.65. The van der Waals surface area contributed by atoms with E-state index in [0.717, 1.165) is 0 Å². The first-order valence-corrected chi connectivity index (χ1v) is 18.9. The average molecular weight is 798 g/mol. The topological polar surface area (TPSA) is 250 Å². The summed E-state index contributed by atoms with van der Waals surface area (Å²) in [6.07, 6.45) is -3.75. The molecular weight excluding hydrogens is 726 g/mol. The maximum atomic E-state index is 13.8. The molecule has 0 aromatic carbocycles. The third kappa shape index (κ3) is 23.9. The van der Waals surface area contributed by atoms with E-state index in [-0.39, 0.29) is 45.6 Å². The summed E-state index contributed by atoms with van der Waals surface area (Å²) < 4.78 is 37.7. The van der Waals surface area contributed by atoms with Crippen LogP contribution in [-0.4, -0.2) is 168 Å². The Kier molecular flexibility index (Phi) is 25.7. The van der Waals surface area contributed by atoms with Gasteiger partial charge in [-0.1, -0.05) is 6.92 Å². The molecule has 0 aliphatic rings. The molecule has 0 rings (SSSR count). The monoisotopic (exact) mass is 797 g/mol. The summed E-state index contributed by atoms with van der Waals surface area (Å²) in [6, 6.07) is 0. The summed E-state index contributed by atoms with van der Waals surface area (Å²) in [5.74, 6) is -2.12. The lowest BCUT2D eigenvalue weighted by Crippen LogP contribution is -2.45. The number of aliphatic hydroxyl groups is 4. The van der Waals surface area contributed by atoms with Crippen molar-refractivity contribution in [1.29, 1.82) is 0 Å². The highest BCUT2D eigenvalue weighted by atomic mass is 16.6. The van der Waals surface area contributed by atoms with Crippen molar-refractivity contribution in [3.8, 4) is 0 Å². The summed E-state index contributed by atoms with van der Waals surface area (Å²) in [5, 5.41) is 47.8. The second kappa shape index (κ2) is 27.0. The SMILES string of the molecule is CCC(C)(CC(C)(CC(C)(C)C(=O)OCC(O)CO)C(=O)OCC(O)CNCCOCCOCCOCCNC(=O)OC(C)(C)C)C(=O)OCC(O)CNC. The molecule has 18 nitrogen and oxygen atoms in total. The van der Waals surface area contributed by atoms with Crippen LogP contribution < -0.4 is 16.0 Å². The van der Waals surface area contributed by atoms with Crippen molar-refractivity contribution < 1.29 is 72.8 Å². The molecule has 0 spiro atoms. The molecule has 0 heterocycles. The van der Waals surface area contributed by atoms with E-state index in [0.29, 0.717) is 52.7 Å². The van der Waals surface area contributed by atoms with E-state index < -0.39 is 77.4 Å². The predicted octanol–water partition coefficient (Wildman–Crippen LogP) is 0.304. The van der Waals surface area contributed by atoms with Crippen LogP contribution in [0.15, 0.2) is 0 Å². The molecular formula is C37H71N3O15. The van der Waals surface area contributed by atoms with Crippen molar-refractivity contribution in [2.75, 3.05) is 99.3 Å². The van der Waals surface area contributed by atoms with E-state index in [1.807, 2.05) is 0 Å². The molecule has 0 aromatic rings. The summed E-state index contributed by atoms with van der Waals surface area (Å²) >= 11 is 0. The highest BCUT2D eigenvalue weighted by Gasteiger charge is 2.50. The lowest BCUT2D eigenvalue weighted by Gasteiger charge is -2.39. The number of nitrogens with one attached hydrogen (secondary N) is 3. The van der Waals surface area contributed by atoms with Crippen LogP contribution in [0.1, 0.15) is 74.7 Å². The highest BCUT2D eigenvalue weighted by Crippen LogP contribution is 2.46. The number of aliphatic hydroxyl groups excluding tert-OH is 4. The summed E-state index contributed by atoms with van der Waals surface area (Å²) in [7, 11) is 1.65. The zero-order valence-corrected chi connectivity index (χ0v) is 34.5. The number of hydrogen-bond donors (Lipinski definition) is 7. The third-order valence-electron chi connectivity index (χ3n) is 8.26. The molecule has 5 unspecified atom stereocenters. The van der Waals surface area contributed by atoms with Crippen LogP contribution in [0, 0.1) is 16.2 Å². The van der Waals surface area contributed by atoms with Crippen molar-refractivity contribution >= 4 is 24.0 Å². The van der Waals surface area contributed by atoms with Crippen molar-refractivity contribution in [1.82, 2.24) is 16.0 Å². The normalized spacial score (nSPS) is 15.9. The molecule has 0 bridgehead atoms. The number of alkyl carbamates (subject to hydrolysis) is 1. The lowest BCUT2D eigenvalue weighted by molar-refractivity contribution is -0.172. The van der Waals surface area contributed by atoms with Crippen LogP contribution >= 0.6 is 0 Å².